The number of carbonyl (C=O) groups excluding carboxylic acids is 2. The third kappa shape index (κ3) is 5.74. The van der Waals surface area contributed by atoms with E-state index >= 15 is 0 Å². The fourth-order valence-electron chi connectivity index (χ4n) is 2.05. The van der Waals surface area contributed by atoms with Crippen molar-refractivity contribution in [1.82, 2.24) is 0 Å². The van der Waals surface area contributed by atoms with Crippen molar-refractivity contribution >= 4 is 35.0 Å². The Morgan fingerprint density at radius 2 is 1.79 bits per heavy atom. The number of ether oxygens (including phenoxy) is 1. The topological polar surface area (TPSA) is 98.5 Å². The van der Waals surface area contributed by atoms with Gasteiger partial charge >= 0.3 is 5.97 Å². The van der Waals surface area contributed by atoms with Crippen LogP contribution in [0.15, 0.2) is 47.4 Å². The first-order valence-corrected chi connectivity index (χ1v) is 8.93. The highest BCUT2D eigenvalue weighted by Gasteiger charge is 2.23. The van der Waals surface area contributed by atoms with Crippen molar-refractivity contribution in [3.8, 4) is 0 Å². The molecule has 0 heterocycles. The molecule has 2 rings (SSSR count). The smallest absolute Gasteiger partial charge is 0.319 e. The normalized spacial score (nSPS) is 12.7. The van der Waals surface area contributed by atoms with Crippen molar-refractivity contribution in [2.45, 2.75) is 30.1 Å². The molecule has 0 bridgehead atoms. The Morgan fingerprint density at radius 3 is 2.36 bits per heavy atom. The summed E-state index contributed by atoms with van der Waals surface area (Å²) in [5, 5.41) is 12.2. The number of carbonyl (C=O) groups is 2. The van der Waals surface area contributed by atoms with Gasteiger partial charge in [0, 0.05) is 23.1 Å². The van der Waals surface area contributed by atoms with Gasteiger partial charge in [-0.3, -0.25) is 19.7 Å². The first kappa shape index (κ1) is 21.3. The highest BCUT2D eigenvalue weighted by atomic mass is 32.2. The van der Waals surface area contributed by atoms with Crippen molar-refractivity contribution < 1.29 is 28.0 Å². The maximum atomic E-state index is 13.6. The van der Waals surface area contributed by atoms with Crippen LogP contribution in [0.1, 0.15) is 13.8 Å². The second kappa shape index (κ2) is 9.27. The first-order valence-electron chi connectivity index (χ1n) is 8.05. The number of thioether (sulfide) groups is 1. The molecular formula is C18H16F2N2O5S. The van der Waals surface area contributed by atoms with Crippen LogP contribution < -0.4 is 5.32 Å². The second-order valence-electron chi connectivity index (χ2n) is 5.70. The number of nitro benzene ring substituents is 1. The molecule has 0 aliphatic carbocycles. The fourth-order valence-corrected chi connectivity index (χ4v) is 2.90. The first-order chi connectivity index (χ1) is 13.2. The Kier molecular flexibility index (Phi) is 7.05. The minimum Gasteiger partial charge on any atom is -0.452 e. The molecule has 0 aliphatic heterocycles. The molecule has 2 aromatic carbocycles. The van der Waals surface area contributed by atoms with Gasteiger partial charge in [0.1, 0.15) is 16.9 Å². The van der Waals surface area contributed by atoms with Gasteiger partial charge in [-0.1, -0.05) is 0 Å². The quantitative estimate of drug-likeness (QED) is 0.321. The van der Waals surface area contributed by atoms with Crippen LogP contribution in [0.2, 0.25) is 0 Å². The third-order valence-electron chi connectivity index (χ3n) is 3.54. The van der Waals surface area contributed by atoms with Gasteiger partial charge in [0.2, 0.25) is 0 Å². The van der Waals surface area contributed by atoms with Crippen LogP contribution >= 0.6 is 11.8 Å². The molecular weight excluding hydrogens is 394 g/mol. The van der Waals surface area contributed by atoms with E-state index in [2.05, 4.69) is 5.32 Å². The van der Waals surface area contributed by atoms with E-state index in [1.165, 1.54) is 31.2 Å². The maximum Gasteiger partial charge on any atom is 0.319 e. The highest BCUT2D eigenvalue weighted by Crippen LogP contribution is 2.26. The number of non-ortho nitro benzene ring substituents is 1. The Labute approximate surface area is 163 Å². The van der Waals surface area contributed by atoms with Crippen LogP contribution in [0.4, 0.5) is 20.2 Å². The number of esters is 1. The zero-order valence-corrected chi connectivity index (χ0v) is 15.7. The summed E-state index contributed by atoms with van der Waals surface area (Å²) in [7, 11) is 0. The molecule has 0 unspecified atom stereocenters. The Balaban J connectivity index is 1.91. The summed E-state index contributed by atoms with van der Waals surface area (Å²) >= 11 is 1.10. The van der Waals surface area contributed by atoms with E-state index in [-0.39, 0.29) is 11.4 Å². The van der Waals surface area contributed by atoms with Crippen LogP contribution in [0, 0.1) is 21.7 Å². The van der Waals surface area contributed by atoms with Crippen molar-refractivity contribution in [3.05, 3.63) is 64.2 Å². The van der Waals surface area contributed by atoms with Gasteiger partial charge in [0.05, 0.1) is 10.6 Å². The Hall–Kier alpha value is -3.01. The molecule has 1 amide bonds. The van der Waals surface area contributed by atoms with Crippen LogP contribution in [0.5, 0.6) is 0 Å². The fraction of sp³-hybridized carbons (Fsp3) is 0.222. The SMILES string of the molecule is C[C@H](OC(=O)[C@H](C)Sc1ccc([N+](=O)[O-])cc1)C(=O)Nc1ccc(F)cc1F. The number of anilines is 1. The zero-order valence-electron chi connectivity index (χ0n) is 14.8. The molecule has 0 radical (unpaired) electrons. The standard InChI is InChI=1S/C18H16F2N2O5S/c1-10(17(23)21-16-8-3-12(19)9-15(16)20)27-18(24)11(2)28-14-6-4-13(5-7-14)22(25)26/h3-11H,1-2H3,(H,21,23)/t10-,11-/m0/s1. The molecule has 28 heavy (non-hydrogen) atoms. The number of nitro groups is 1. The van der Waals surface area contributed by atoms with E-state index in [0.717, 1.165) is 23.9 Å². The average Bonchev–Trinajstić information content (AvgIpc) is 2.64. The number of halogens is 2. The van der Waals surface area contributed by atoms with Crippen molar-refractivity contribution in [3.63, 3.8) is 0 Å². The molecule has 0 saturated heterocycles. The van der Waals surface area contributed by atoms with Crippen molar-refractivity contribution in [2.75, 3.05) is 5.32 Å². The minimum absolute atomic E-state index is 0.0714. The number of amides is 1. The van der Waals surface area contributed by atoms with Crippen molar-refractivity contribution in [1.29, 1.82) is 0 Å². The molecule has 0 aromatic heterocycles. The number of benzene rings is 2. The number of nitrogens with zero attached hydrogens (tertiary/aromatic N) is 1. The summed E-state index contributed by atoms with van der Waals surface area (Å²) in [6, 6.07) is 8.29. The largest absolute Gasteiger partial charge is 0.452 e. The van der Waals surface area contributed by atoms with E-state index in [1.54, 1.807) is 6.92 Å². The van der Waals surface area contributed by atoms with E-state index in [0.29, 0.717) is 11.0 Å². The summed E-state index contributed by atoms with van der Waals surface area (Å²) < 4.78 is 31.5. The average molecular weight is 410 g/mol. The minimum atomic E-state index is -1.21. The monoisotopic (exact) mass is 410 g/mol. The zero-order chi connectivity index (χ0) is 20.8. The van der Waals surface area contributed by atoms with E-state index < -0.39 is 39.8 Å². The van der Waals surface area contributed by atoms with Gasteiger partial charge in [-0.05, 0) is 38.1 Å². The van der Waals surface area contributed by atoms with Crippen LogP contribution in [0.3, 0.4) is 0 Å². The number of rotatable bonds is 7. The molecule has 2 atom stereocenters. The molecule has 0 spiro atoms. The van der Waals surface area contributed by atoms with Crippen LogP contribution in [-0.2, 0) is 14.3 Å². The lowest BCUT2D eigenvalue weighted by Gasteiger charge is -2.16. The molecule has 7 nitrogen and oxygen atoms in total. The lowest BCUT2D eigenvalue weighted by molar-refractivity contribution is -0.384. The van der Waals surface area contributed by atoms with Gasteiger partial charge in [0.25, 0.3) is 11.6 Å². The molecule has 10 heteroatoms. The number of hydrogen-bond donors (Lipinski definition) is 1. The van der Waals surface area contributed by atoms with Gasteiger partial charge in [-0.15, -0.1) is 11.8 Å². The summed E-state index contributed by atoms with van der Waals surface area (Å²) in [6.07, 6.45) is -1.21. The third-order valence-corrected chi connectivity index (χ3v) is 4.63. The lowest BCUT2D eigenvalue weighted by Crippen LogP contribution is -2.32. The van der Waals surface area contributed by atoms with Gasteiger partial charge in [-0.25, -0.2) is 8.78 Å². The molecule has 148 valence electrons. The predicted molar refractivity (Wildman–Crippen MR) is 99.0 cm³/mol. The molecule has 0 aliphatic rings. The van der Waals surface area contributed by atoms with Crippen molar-refractivity contribution in [2.24, 2.45) is 0 Å². The molecule has 0 saturated carbocycles. The molecule has 0 fully saturated rings. The Morgan fingerprint density at radius 1 is 1.14 bits per heavy atom. The Bertz CT molecular complexity index is 892. The van der Waals surface area contributed by atoms with Gasteiger partial charge in [-0.2, -0.15) is 0 Å². The summed E-state index contributed by atoms with van der Waals surface area (Å²) in [5.41, 5.74) is -0.305. The molecule has 2 aromatic rings. The van der Waals surface area contributed by atoms with Gasteiger partial charge < -0.3 is 10.1 Å². The molecule has 1 N–H and O–H groups in total. The summed E-state index contributed by atoms with van der Waals surface area (Å²) in [6.45, 7) is 2.87. The number of hydrogen-bond acceptors (Lipinski definition) is 6. The summed E-state index contributed by atoms with van der Waals surface area (Å²) in [5.74, 6) is -3.20. The second-order valence-corrected chi connectivity index (χ2v) is 7.12. The lowest BCUT2D eigenvalue weighted by atomic mass is 10.2. The predicted octanol–water partition coefficient (Wildman–Crippen LogP) is 3.92. The van der Waals surface area contributed by atoms with E-state index in [1.807, 2.05) is 0 Å². The van der Waals surface area contributed by atoms with Crippen LogP contribution in [0.25, 0.3) is 0 Å². The highest BCUT2D eigenvalue weighted by molar-refractivity contribution is 8.00. The summed E-state index contributed by atoms with van der Waals surface area (Å²) in [4.78, 5) is 34.9. The maximum absolute atomic E-state index is 13.6. The van der Waals surface area contributed by atoms with Crippen LogP contribution in [-0.4, -0.2) is 28.2 Å². The van der Waals surface area contributed by atoms with E-state index in [9.17, 15) is 28.5 Å². The van der Waals surface area contributed by atoms with Gasteiger partial charge in [0.15, 0.2) is 6.10 Å². The number of nitrogens with one attached hydrogen (secondary N) is 1. The van der Waals surface area contributed by atoms with E-state index in [4.69, 9.17) is 4.74 Å².